The molecule has 160 valence electrons. The van der Waals surface area contributed by atoms with Gasteiger partial charge in [-0.1, -0.05) is 18.2 Å². The quantitative estimate of drug-likeness (QED) is 0.552. The monoisotopic (exact) mass is 419 g/mol. The van der Waals surface area contributed by atoms with Crippen LogP contribution in [0.3, 0.4) is 0 Å². The lowest BCUT2D eigenvalue weighted by atomic mass is 10.1. The molecule has 1 aliphatic rings. The SMILES string of the molecule is COc1cc(/C=C/C(=O)Nc2cccc(-c3nnnn3C3CC3)c2)ccc1OC(C)C. The fourth-order valence-electron chi connectivity index (χ4n) is 3.18. The van der Waals surface area contributed by atoms with E-state index in [4.69, 9.17) is 9.47 Å². The zero-order chi connectivity index (χ0) is 21.8. The Hall–Kier alpha value is -3.68. The third-order valence-corrected chi connectivity index (χ3v) is 4.75. The first-order valence-electron chi connectivity index (χ1n) is 10.3. The third-order valence-electron chi connectivity index (χ3n) is 4.75. The molecule has 0 saturated heterocycles. The minimum absolute atomic E-state index is 0.0470. The van der Waals surface area contributed by atoms with Gasteiger partial charge in [0.15, 0.2) is 17.3 Å². The molecule has 0 atom stereocenters. The Morgan fingerprint density at radius 2 is 2.03 bits per heavy atom. The van der Waals surface area contributed by atoms with Crippen molar-refractivity contribution in [3.8, 4) is 22.9 Å². The summed E-state index contributed by atoms with van der Waals surface area (Å²) in [4.78, 5) is 12.4. The van der Waals surface area contributed by atoms with Crippen molar-refractivity contribution in [2.45, 2.75) is 38.8 Å². The van der Waals surface area contributed by atoms with E-state index in [9.17, 15) is 4.79 Å². The average Bonchev–Trinajstić information content (AvgIpc) is 3.49. The van der Waals surface area contributed by atoms with Crippen LogP contribution in [0, 0.1) is 0 Å². The molecule has 0 bridgehead atoms. The predicted octanol–water partition coefficient (Wildman–Crippen LogP) is 4.12. The van der Waals surface area contributed by atoms with Crippen molar-refractivity contribution in [2.75, 3.05) is 12.4 Å². The van der Waals surface area contributed by atoms with Crippen molar-refractivity contribution >= 4 is 17.7 Å². The zero-order valence-corrected chi connectivity index (χ0v) is 17.8. The molecule has 2 aromatic carbocycles. The standard InChI is InChI=1S/C23H25N5O3/c1-15(2)31-20-11-7-16(13-21(20)30-3)8-12-22(29)24-18-6-4-5-17(14-18)23-25-26-27-28(23)19-9-10-19/h4-8,11-15,19H,9-10H2,1-3H3,(H,24,29)/b12-8+. The fraction of sp³-hybridized carbons (Fsp3) is 0.304. The van der Waals surface area contributed by atoms with Crippen molar-refractivity contribution in [3.05, 3.63) is 54.1 Å². The Morgan fingerprint density at radius 1 is 1.19 bits per heavy atom. The number of methoxy groups -OCH3 is 1. The van der Waals surface area contributed by atoms with E-state index >= 15 is 0 Å². The second kappa shape index (κ2) is 8.99. The Kier molecular flexibility index (Phi) is 5.97. The van der Waals surface area contributed by atoms with Crippen LogP contribution in [-0.2, 0) is 4.79 Å². The maximum atomic E-state index is 12.4. The number of hydrogen-bond acceptors (Lipinski definition) is 6. The number of benzene rings is 2. The van der Waals surface area contributed by atoms with Crippen molar-refractivity contribution in [1.82, 2.24) is 20.2 Å². The number of tetrazole rings is 1. The summed E-state index contributed by atoms with van der Waals surface area (Å²) in [6.45, 7) is 3.91. The first kappa shape index (κ1) is 20.6. The molecule has 1 saturated carbocycles. The van der Waals surface area contributed by atoms with E-state index in [0.717, 1.165) is 24.0 Å². The summed E-state index contributed by atoms with van der Waals surface area (Å²) in [7, 11) is 1.59. The van der Waals surface area contributed by atoms with Crippen molar-refractivity contribution in [3.63, 3.8) is 0 Å². The zero-order valence-electron chi connectivity index (χ0n) is 17.8. The number of amides is 1. The van der Waals surface area contributed by atoms with Gasteiger partial charge in [0, 0.05) is 17.3 Å². The van der Waals surface area contributed by atoms with Gasteiger partial charge in [-0.2, -0.15) is 0 Å². The number of carbonyl (C=O) groups excluding carboxylic acids is 1. The van der Waals surface area contributed by atoms with Crippen LogP contribution in [0.25, 0.3) is 17.5 Å². The predicted molar refractivity (Wildman–Crippen MR) is 118 cm³/mol. The van der Waals surface area contributed by atoms with Crippen LogP contribution in [0.5, 0.6) is 11.5 Å². The molecule has 8 heteroatoms. The number of hydrogen-bond donors (Lipinski definition) is 1. The molecule has 1 N–H and O–H groups in total. The minimum atomic E-state index is -0.236. The van der Waals surface area contributed by atoms with Crippen molar-refractivity contribution < 1.29 is 14.3 Å². The van der Waals surface area contributed by atoms with Crippen LogP contribution in [0.1, 0.15) is 38.3 Å². The number of ether oxygens (including phenoxy) is 2. The second-order valence-electron chi connectivity index (χ2n) is 7.66. The molecule has 0 radical (unpaired) electrons. The first-order valence-corrected chi connectivity index (χ1v) is 10.3. The van der Waals surface area contributed by atoms with E-state index in [0.29, 0.717) is 29.1 Å². The van der Waals surface area contributed by atoms with Gasteiger partial charge in [-0.3, -0.25) is 4.79 Å². The van der Waals surface area contributed by atoms with Gasteiger partial charge in [0.05, 0.1) is 19.3 Å². The van der Waals surface area contributed by atoms with E-state index in [1.807, 2.05) is 61.0 Å². The summed E-state index contributed by atoms with van der Waals surface area (Å²) in [5, 5.41) is 14.9. The molecule has 1 fully saturated rings. The lowest BCUT2D eigenvalue weighted by Gasteiger charge is -2.13. The number of aromatic nitrogens is 4. The number of nitrogens with one attached hydrogen (secondary N) is 1. The third kappa shape index (κ3) is 5.09. The average molecular weight is 419 g/mol. The van der Waals surface area contributed by atoms with E-state index in [1.54, 1.807) is 13.2 Å². The summed E-state index contributed by atoms with van der Waals surface area (Å²) in [6, 6.07) is 13.4. The first-order chi connectivity index (χ1) is 15.0. The van der Waals surface area contributed by atoms with Crippen LogP contribution >= 0.6 is 0 Å². The van der Waals surface area contributed by atoms with Crippen LogP contribution < -0.4 is 14.8 Å². The molecule has 8 nitrogen and oxygen atoms in total. The molecule has 0 aliphatic heterocycles. The lowest BCUT2D eigenvalue weighted by molar-refractivity contribution is -0.111. The fourth-order valence-corrected chi connectivity index (χ4v) is 3.18. The maximum absolute atomic E-state index is 12.4. The summed E-state index contributed by atoms with van der Waals surface area (Å²) in [5.74, 6) is 1.77. The molecule has 4 rings (SSSR count). The van der Waals surface area contributed by atoms with E-state index in [1.165, 1.54) is 6.08 Å². The van der Waals surface area contributed by atoms with E-state index in [2.05, 4.69) is 20.8 Å². The maximum Gasteiger partial charge on any atom is 0.248 e. The minimum Gasteiger partial charge on any atom is -0.493 e. The van der Waals surface area contributed by atoms with Crippen LogP contribution in [0.15, 0.2) is 48.5 Å². The molecule has 1 amide bonds. The summed E-state index contributed by atoms with van der Waals surface area (Å²) in [6.07, 6.45) is 5.45. The van der Waals surface area contributed by atoms with Gasteiger partial charge in [0.2, 0.25) is 5.91 Å². The van der Waals surface area contributed by atoms with Gasteiger partial charge in [0.1, 0.15) is 0 Å². The van der Waals surface area contributed by atoms with Gasteiger partial charge in [-0.25, -0.2) is 4.68 Å². The molecule has 1 aromatic heterocycles. The largest absolute Gasteiger partial charge is 0.493 e. The molecule has 1 aliphatic carbocycles. The lowest BCUT2D eigenvalue weighted by Crippen LogP contribution is -2.08. The summed E-state index contributed by atoms with van der Waals surface area (Å²) < 4.78 is 13.0. The molecular weight excluding hydrogens is 394 g/mol. The summed E-state index contributed by atoms with van der Waals surface area (Å²) in [5.41, 5.74) is 2.38. The molecular formula is C23H25N5O3. The highest BCUT2D eigenvalue weighted by Crippen LogP contribution is 2.36. The molecule has 0 unspecified atom stereocenters. The van der Waals surface area contributed by atoms with Gasteiger partial charge in [-0.15, -0.1) is 5.10 Å². The van der Waals surface area contributed by atoms with Gasteiger partial charge < -0.3 is 14.8 Å². The number of anilines is 1. The van der Waals surface area contributed by atoms with Crippen LogP contribution in [0.2, 0.25) is 0 Å². The topological polar surface area (TPSA) is 91.2 Å². The second-order valence-corrected chi connectivity index (χ2v) is 7.66. The van der Waals surface area contributed by atoms with Crippen LogP contribution in [-0.4, -0.2) is 39.3 Å². The number of nitrogens with zero attached hydrogens (tertiary/aromatic N) is 4. The Labute approximate surface area is 180 Å². The van der Waals surface area contributed by atoms with Gasteiger partial charge in [0.25, 0.3) is 0 Å². The van der Waals surface area contributed by atoms with Gasteiger partial charge >= 0.3 is 0 Å². The summed E-state index contributed by atoms with van der Waals surface area (Å²) >= 11 is 0. The highest BCUT2D eigenvalue weighted by Gasteiger charge is 2.28. The molecule has 31 heavy (non-hydrogen) atoms. The Bertz CT molecular complexity index is 1100. The molecule has 0 spiro atoms. The van der Waals surface area contributed by atoms with Crippen molar-refractivity contribution in [2.24, 2.45) is 0 Å². The van der Waals surface area contributed by atoms with Gasteiger partial charge in [-0.05, 0) is 73.0 Å². The Balaban J connectivity index is 1.44. The Morgan fingerprint density at radius 3 is 2.77 bits per heavy atom. The number of carbonyl (C=O) groups is 1. The smallest absolute Gasteiger partial charge is 0.248 e. The normalized spacial score (nSPS) is 13.5. The highest BCUT2D eigenvalue weighted by molar-refractivity contribution is 6.02. The van der Waals surface area contributed by atoms with E-state index < -0.39 is 0 Å². The highest BCUT2D eigenvalue weighted by atomic mass is 16.5. The van der Waals surface area contributed by atoms with E-state index in [-0.39, 0.29) is 12.0 Å². The van der Waals surface area contributed by atoms with Crippen LogP contribution in [0.4, 0.5) is 5.69 Å². The molecule has 1 heterocycles. The number of rotatable bonds is 8. The molecule has 3 aromatic rings. The van der Waals surface area contributed by atoms with Crippen molar-refractivity contribution in [1.29, 1.82) is 0 Å².